The molecule has 21 heavy (non-hydrogen) atoms. The lowest BCUT2D eigenvalue weighted by atomic mass is 9.79. The zero-order valence-corrected chi connectivity index (χ0v) is 12.7. The fourth-order valence-corrected chi connectivity index (χ4v) is 4.02. The number of aliphatic hydroxyl groups is 1. The fourth-order valence-electron chi connectivity index (χ4n) is 2.79. The van der Waals surface area contributed by atoms with E-state index in [9.17, 15) is 13.5 Å². The standard InChI is InChI=1S/C14H19N3O3S/c1-11-4-2-6-14(18,8-11)10-17-21(19,20)13-5-3-7-16-12(13)9-15/h3,5,7,11,17-18H,2,4,6,8,10H2,1H3. The smallest absolute Gasteiger partial charge is 0.243 e. The van der Waals surface area contributed by atoms with Crippen LogP contribution in [0.25, 0.3) is 0 Å². The van der Waals surface area contributed by atoms with Crippen LogP contribution in [0.15, 0.2) is 23.2 Å². The summed E-state index contributed by atoms with van der Waals surface area (Å²) in [4.78, 5) is 3.59. The molecule has 0 radical (unpaired) electrons. The number of nitriles is 1. The Hall–Kier alpha value is -1.49. The minimum absolute atomic E-state index is 0.0422. The Balaban J connectivity index is 2.13. The van der Waals surface area contributed by atoms with Gasteiger partial charge in [-0.1, -0.05) is 19.8 Å². The Bertz CT molecular complexity index is 654. The minimum atomic E-state index is -3.85. The highest BCUT2D eigenvalue weighted by molar-refractivity contribution is 7.89. The van der Waals surface area contributed by atoms with Crippen LogP contribution in [-0.2, 0) is 10.0 Å². The van der Waals surface area contributed by atoms with E-state index in [-0.39, 0.29) is 17.1 Å². The molecule has 0 saturated heterocycles. The summed E-state index contributed by atoms with van der Waals surface area (Å²) in [7, 11) is -3.85. The van der Waals surface area contributed by atoms with Gasteiger partial charge in [-0.15, -0.1) is 0 Å². The zero-order chi connectivity index (χ0) is 15.5. The van der Waals surface area contributed by atoms with Gasteiger partial charge in [-0.2, -0.15) is 5.26 Å². The molecule has 1 aromatic rings. The third kappa shape index (κ3) is 3.79. The maximum absolute atomic E-state index is 12.3. The normalized spacial score (nSPS) is 26.2. The largest absolute Gasteiger partial charge is 0.389 e. The summed E-state index contributed by atoms with van der Waals surface area (Å²) >= 11 is 0. The van der Waals surface area contributed by atoms with Gasteiger partial charge in [0.25, 0.3) is 0 Å². The quantitative estimate of drug-likeness (QED) is 0.869. The Morgan fingerprint density at radius 3 is 3.05 bits per heavy atom. The number of hydrogen-bond donors (Lipinski definition) is 2. The van der Waals surface area contributed by atoms with Crippen molar-refractivity contribution in [3.63, 3.8) is 0 Å². The van der Waals surface area contributed by atoms with Gasteiger partial charge >= 0.3 is 0 Å². The predicted molar refractivity (Wildman–Crippen MR) is 76.7 cm³/mol. The first-order valence-corrected chi connectivity index (χ1v) is 8.42. The maximum Gasteiger partial charge on any atom is 0.243 e. The Morgan fingerprint density at radius 2 is 2.38 bits per heavy atom. The molecule has 7 heteroatoms. The van der Waals surface area contributed by atoms with Gasteiger partial charge in [0.05, 0.1) is 5.60 Å². The molecule has 1 aliphatic carbocycles. The predicted octanol–water partition coefficient (Wildman–Crippen LogP) is 1.17. The number of aromatic nitrogens is 1. The third-order valence-corrected chi connectivity index (χ3v) is 5.26. The van der Waals surface area contributed by atoms with E-state index in [2.05, 4.69) is 9.71 Å². The summed E-state index contributed by atoms with van der Waals surface area (Å²) in [5.74, 6) is 0.376. The highest BCUT2D eigenvalue weighted by atomic mass is 32.2. The highest BCUT2D eigenvalue weighted by Gasteiger charge is 2.34. The molecule has 2 atom stereocenters. The molecule has 2 rings (SSSR count). The maximum atomic E-state index is 12.3. The first-order chi connectivity index (χ1) is 9.86. The molecule has 0 aromatic carbocycles. The molecule has 0 aliphatic heterocycles. The molecule has 1 fully saturated rings. The van der Waals surface area contributed by atoms with Crippen molar-refractivity contribution in [2.75, 3.05) is 6.54 Å². The van der Waals surface area contributed by atoms with Crippen molar-refractivity contribution >= 4 is 10.0 Å². The lowest BCUT2D eigenvalue weighted by Crippen LogP contribution is -2.45. The first kappa shape index (κ1) is 15.9. The molecule has 0 bridgehead atoms. The first-order valence-electron chi connectivity index (χ1n) is 6.93. The van der Waals surface area contributed by atoms with Crippen LogP contribution in [0.4, 0.5) is 0 Å². The number of nitrogens with one attached hydrogen (secondary N) is 1. The summed E-state index contributed by atoms with van der Waals surface area (Å²) in [6.45, 7) is 2.01. The second-order valence-corrected chi connectivity index (χ2v) is 7.45. The van der Waals surface area contributed by atoms with Gasteiger partial charge in [0, 0.05) is 12.7 Å². The van der Waals surface area contributed by atoms with Crippen molar-refractivity contribution < 1.29 is 13.5 Å². The topological polar surface area (TPSA) is 103 Å². The number of nitrogens with zero attached hydrogens (tertiary/aromatic N) is 2. The Labute approximate surface area is 124 Å². The number of sulfonamides is 1. The average molecular weight is 309 g/mol. The van der Waals surface area contributed by atoms with Gasteiger partial charge < -0.3 is 5.11 Å². The molecule has 0 spiro atoms. The van der Waals surface area contributed by atoms with Gasteiger partial charge in [0.1, 0.15) is 11.0 Å². The molecular formula is C14H19N3O3S. The number of hydrogen-bond acceptors (Lipinski definition) is 5. The van der Waals surface area contributed by atoms with Crippen molar-refractivity contribution in [3.8, 4) is 6.07 Å². The van der Waals surface area contributed by atoms with Gasteiger partial charge in [-0.25, -0.2) is 18.1 Å². The van der Waals surface area contributed by atoms with Crippen LogP contribution in [0.3, 0.4) is 0 Å². The van der Waals surface area contributed by atoms with Crippen LogP contribution in [0.5, 0.6) is 0 Å². The van der Waals surface area contributed by atoms with Crippen LogP contribution in [0, 0.1) is 17.2 Å². The van der Waals surface area contributed by atoms with Crippen molar-refractivity contribution in [3.05, 3.63) is 24.0 Å². The number of pyridine rings is 1. The number of rotatable bonds is 4. The summed E-state index contributed by atoms with van der Waals surface area (Å²) in [5.41, 5.74) is -1.16. The lowest BCUT2D eigenvalue weighted by molar-refractivity contribution is -0.00751. The van der Waals surface area contributed by atoms with Gasteiger partial charge in [0.15, 0.2) is 5.69 Å². The molecule has 2 N–H and O–H groups in total. The van der Waals surface area contributed by atoms with Crippen LogP contribution in [-0.4, -0.2) is 30.7 Å². The minimum Gasteiger partial charge on any atom is -0.389 e. The monoisotopic (exact) mass is 309 g/mol. The summed E-state index contributed by atoms with van der Waals surface area (Å²) < 4.78 is 26.9. The van der Waals surface area contributed by atoms with Crippen molar-refractivity contribution in [1.82, 2.24) is 9.71 Å². The third-order valence-electron chi connectivity index (χ3n) is 3.82. The van der Waals surface area contributed by atoms with E-state index in [0.29, 0.717) is 18.8 Å². The molecule has 0 amide bonds. The fraction of sp³-hybridized carbons (Fsp3) is 0.571. The zero-order valence-electron chi connectivity index (χ0n) is 11.9. The van der Waals surface area contributed by atoms with E-state index in [0.717, 1.165) is 12.8 Å². The van der Waals surface area contributed by atoms with E-state index in [4.69, 9.17) is 5.26 Å². The van der Waals surface area contributed by atoms with Crippen LogP contribution in [0.1, 0.15) is 38.3 Å². The average Bonchev–Trinajstić information content (AvgIpc) is 2.45. The van der Waals surface area contributed by atoms with E-state index in [1.54, 1.807) is 6.07 Å². The summed E-state index contributed by atoms with van der Waals surface area (Å²) in [5, 5.41) is 19.4. The molecular weight excluding hydrogens is 290 g/mol. The second kappa shape index (κ2) is 6.10. The summed E-state index contributed by atoms with van der Waals surface area (Å²) in [6.07, 6.45) is 4.46. The Kier molecular flexibility index (Phi) is 4.61. The Morgan fingerprint density at radius 1 is 1.62 bits per heavy atom. The molecule has 114 valence electrons. The van der Waals surface area contributed by atoms with E-state index >= 15 is 0 Å². The molecule has 1 aromatic heterocycles. The summed E-state index contributed by atoms with van der Waals surface area (Å²) in [6, 6.07) is 4.56. The van der Waals surface area contributed by atoms with Gasteiger partial charge in [0.2, 0.25) is 10.0 Å². The lowest BCUT2D eigenvalue weighted by Gasteiger charge is -2.35. The van der Waals surface area contributed by atoms with Crippen molar-refractivity contribution in [2.24, 2.45) is 5.92 Å². The van der Waals surface area contributed by atoms with Crippen LogP contribution in [0.2, 0.25) is 0 Å². The molecule has 1 heterocycles. The van der Waals surface area contributed by atoms with E-state index < -0.39 is 15.6 Å². The van der Waals surface area contributed by atoms with Crippen LogP contribution >= 0.6 is 0 Å². The van der Waals surface area contributed by atoms with Gasteiger partial charge in [-0.3, -0.25) is 0 Å². The highest BCUT2D eigenvalue weighted by Crippen LogP contribution is 2.31. The van der Waals surface area contributed by atoms with Gasteiger partial charge in [-0.05, 0) is 30.9 Å². The molecule has 1 aliphatic rings. The second-order valence-electron chi connectivity index (χ2n) is 5.71. The van der Waals surface area contributed by atoms with E-state index in [1.807, 2.05) is 6.92 Å². The molecule has 6 nitrogen and oxygen atoms in total. The van der Waals surface area contributed by atoms with Crippen molar-refractivity contribution in [1.29, 1.82) is 5.26 Å². The van der Waals surface area contributed by atoms with E-state index in [1.165, 1.54) is 18.3 Å². The van der Waals surface area contributed by atoms with Crippen LogP contribution < -0.4 is 4.72 Å². The molecule has 1 saturated carbocycles. The molecule has 2 unspecified atom stereocenters. The van der Waals surface area contributed by atoms with Crippen molar-refractivity contribution in [2.45, 2.75) is 43.1 Å². The SMILES string of the molecule is CC1CCCC(O)(CNS(=O)(=O)c2cccnc2C#N)C1.